The highest BCUT2D eigenvalue weighted by molar-refractivity contribution is 9.10. The first-order chi connectivity index (χ1) is 15.3. The molecule has 2 atom stereocenters. The Kier molecular flexibility index (Phi) is 7.20. The molecule has 1 aliphatic heterocycles. The molecule has 4 rings (SSSR count). The average molecular weight is 505 g/mol. The first kappa shape index (κ1) is 23.2. The monoisotopic (exact) mass is 504 g/mol. The van der Waals surface area contributed by atoms with Crippen LogP contribution in [0.1, 0.15) is 65.3 Å². The van der Waals surface area contributed by atoms with Gasteiger partial charge in [0.25, 0.3) is 0 Å². The first-order valence-electron chi connectivity index (χ1n) is 11.6. The predicted molar refractivity (Wildman–Crippen MR) is 126 cm³/mol. The van der Waals surface area contributed by atoms with Crippen LogP contribution in [0.4, 0.5) is 4.79 Å². The fraction of sp³-hybridized carbons (Fsp3) is 0.625. The van der Waals surface area contributed by atoms with Gasteiger partial charge in [-0.2, -0.15) is 5.10 Å². The van der Waals surface area contributed by atoms with Gasteiger partial charge < -0.3 is 14.4 Å². The van der Waals surface area contributed by atoms with Crippen molar-refractivity contribution in [2.45, 2.75) is 83.1 Å². The minimum absolute atomic E-state index is 0.203. The molecule has 0 bridgehead atoms. The van der Waals surface area contributed by atoms with Crippen molar-refractivity contribution in [2.24, 2.45) is 0 Å². The third kappa shape index (κ3) is 5.90. The highest BCUT2D eigenvalue weighted by Gasteiger charge is 2.31. The van der Waals surface area contributed by atoms with Gasteiger partial charge in [-0.15, -0.1) is 0 Å². The Balaban J connectivity index is 1.30. The quantitative estimate of drug-likeness (QED) is 0.541. The van der Waals surface area contributed by atoms with Crippen LogP contribution < -0.4 is 0 Å². The van der Waals surface area contributed by atoms with Crippen molar-refractivity contribution in [3.63, 3.8) is 0 Å². The van der Waals surface area contributed by atoms with Crippen LogP contribution in [-0.2, 0) is 9.47 Å². The van der Waals surface area contributed by atoms with E-state index in [4.69, 9.17) is 14.6 Å². The molecule has 1 amide bonds. The molecule has 2 aliphatic rings. The summed E-state index contributed by atoms with van der Waals surface area (Å²) in [5.41, 5.74) is 1.55. The number of aromatic nitrogens is 3. The van der Waals surface area contributed by atoms with Crippen molar-refractivity contribution >= 4 is 22.0 Å². The van der Waals surface area contributed by atoms with Crippen molar-refractivity contribution < 1.29 is 14.3 Å². The number of carbonyl (C=O) groups excluding carboxylic acids is 1. The number of amides is 1. The summed E-state index contributed by atoms with van der Waals surface area (Å²) in [4.78, 5) is 18.2. The van der Waals surface area contributed by atoms with Gasteiger partial charge in [-0.3, -0.25) is 9.67 Å². The molecule has 0 N–H and O–H groups in total. The van der Waals surface area contributed by atoms with Crippen LogP contribution in [0.5, 0.6) is 0 Å². The molecule has 32 heavy (non-hydrogen) atoms. The number of likely N-dealkylation sites (tertiary alicyclic amines) is 1. The zero-order valence-corrected chi connectivity index (χ0v) is 20.8. The van der Waals surface area contributed by atoms with Crippen LogP contribution in [0.2, 0.25) is 0 Å². The predicted octanol–water partition coefficient (Wildman–Crippen LogP) is 5.61. The lowest BCUT2D eigenvalue weighted by Crippen LogP contribution is -2.44. The largest absolute Gasteiger partial charge is 0.444 e. The van der Waals surface area contributed by atoms with Gasteiger partial charge in [-0.25, -0.2) is 4.79 Å². The van der Waals surface area contributed by atoms with Crippen LogP contribution in [0, 0.1) is 0 Å². The van der Waals surface area contributed by atoms with Crippen molar-refractivity contribution in [1.82, 2.24) is 19.7 Å². The fourth-order valence-corrected chi connectivity index (χ4v) is 5.04. The number of ether oxygens (including phenoxy) is 2. The maximum absolute atomic E-state index is 12.3. The van der Waals surface area contributed by atoms with Gasteiger partial charge in [0.2, 0.25) is 0 Å². The standard InChI is InChI=1S/C24H33BrN4O3/c1-24(2,3)32-23(30)28-13-9-19(10-14-28)31-20-6-4-5-18(15-20)29-16-21(25)22(27-29)17-7-11-26-12-8-17/h7-8,11-12,16,18-20H,4-6,9-10,13-15H2,1-3H3. The Morgan fingerprint density at radius 3 is 2.50 bits per heavy atom. The smallest absolute Gasteiger partial charge is 0.410 e. The molecule has 2 unspecified atom stereocenters. The molecule has 0 radical (unpaired) electrons. The van der Waals surface area contributed by atoms with Crippen LogP contribution in [0.3, 0.4) is 0 Å². The van der Waals surface area contributed by atoms with Gasteiger partial charge in [0, 0.05) is 37.2 Å². The SMILES string of the molecule is CC(C)(C)OC(=O)N1CCC(OC2CCCC(n3cc(Br)c(-c4ccncc4)n3)C2)CC1. The lowest BCUT2D eigenvalue weighted by Gasteiger charge is -2.37. The summed E-state index contributed by atoms with van der Waals surface area (Å²) < 4.78 is 15.1. The van der Waals surface area contributed by atoms with Gasteiger partial charge >= 0.3 is 6.09 Å². The van der Waals surface area contributed by atoms with Crippen molar-refractivity contribution in [1.29, 1.82) is 0 Å². The lowest BCUT2D eigenvalue weighted by molar-refractivity contribution is -0.0647. The van der Waals surface area contributed by atoms with Gasteiger partial charge in [0.1, 0.15) is 11.3 Å². The van der Waals surface area contributed by atoms with Crippen LogP contribution in [-0.4, -0.2) is 56.7 Å². The molecule has 174 valence electrons. The third-order valence-electron chi connectivity index (χ3n) is 6.09. The number of rotatable bonds is 4. The second kappa shape index (κ2) is 9.91. The Hall–Kier alpha value is -1.93. The molecule has 1 saturated heterocycles. The molecule has 2 aromatic heterocycles. The van der Waals surface area contributed by atoms with E-state index in [2.05, 4.69) is 31.8 Å². The lowest BCUT2D eigenvalue weighted by atomic mass is 9.92. The summed E-state index contributed by atoms with van der Waals surface area (Å²) >= 11 is 3.67. The highest BCUT2D eigenvalue weighted by atomic mass is 79.9. The zero-order chi connectivity index (χ0) is 22.7. The van der Waals surface area contributed by atoms with Gasteiger partial charge in [-0.1, -0.05) is 0 Å². The topological polar surface area (TPSA) is 69.5 Å². The molecule has 2 aromatic rings. The zero-order valence-electron chi connectivity index (χ0n) is 19.2. The molecule has 2 fully saturated rings. The molecule has 1 saturated carbocycles. The van der Waals surface area contributed by atoms with E-state index in [1.807, 2.05) is 32.9 Å². The fourth-order valence-electron chi connectivity index (χ4n) is 4.52. The molecule has 3 heterocycles. The van der Waals surface area contributed by atoms with Crippen LogP contribution in [0.15, 0.2) is 35.2 Å². The summed E-state index contributed by atoms with van der Waals surface area (Å²) in [6.07, 6.45) is 11.9. The molecular weight excluding hydrogens is 472 g/mol. The second-order valence-electron chi connectivity index (χ2n) is 9.79. The number of carbonyl (C=O) groups is 1. The Morgan fingerprint density at radius 1 is 1.09 bits per heavy atom. The summed E-state index contributed by atoms with van der Waals surface area (Å²) in [7, 11) is 0. The van der Waals surface area contributed by atoms with Gasteiger partial charge in [-0.05, 0) is 87.4 Å². The van der Waals surface area contributed by atoms with E-state index >= 15 is 0 Å². The Morgan fingerprint density at radius 2 is 1.81 bits per heavy atom. The number of hydrogen-bond donors (Lipinski definition) is 0. The molecule has 7 nitrogen and oxygen atoms in total. The molecular formula is C24H33BrN4O3. The van der Waals surface area contributed by atoms with Gasteiger partial charge in [0.05, 0.1) is 22.7 Å². The summed E-state index contributed by atoms with van der Waals surface area (Å²) in [6.45, 7) is 7.09. The van der Waals surface area contributed by atoms with E-state index in [1.54, 1.807) is 17.3 Å². The summed E-state index contributed by atoms with van der Waals surface area (Å²) in [5.74, 6) is 0. The number of halogens is 1. The minimum atomic E-state index is -0.458. The maximum Gasteiger partial charge on any atom is 0.410 e. The molecule has 8 heteroatoms. The minimum Gasteiger partial charge on any atom is -0.444 e. The number of piperidine rings is 1. The van der Waals surface area contributed by atoms with E-state index in [-0.39, 0.29) is 18.3 Å². The van der Waals surface area contributed by atoms with E-state index in [1.165, 1.54) is 0 Å². The molecule has 0 aromatic carbocycles. The average Bonchev–Trinajstić information content (AvgIpc) is 3.15. The number of pyridine rings is 1. The van der Waals surface area contributed by atoms with Crippen LogP contribution >= 0.6 is 15.9 Å². The van der Waals surface area contributed by atoms with Crippen LogP contribution in [0.25, 0.3) is 11.3 Å². The number of hydrogen-bond acceptors (Lipinski definition) is 5. The van der Waals surface area contributed by atoms with Crippen molar-refractivity contribution in [3.05, 3.63) is 35.2 Å². The maximum atomic E-state index is 12.3. The second-order valence-corrected chi connectivity index (χ2v) is 10.6. The number of nitrogens with zero attached hydrogens (tertiary/aromatic N) is 4. The van der Waals surface area contributed by atoms with E-state index in [0.29, 0.717) is 19.1 Å². The summed E-state index contributed by atoms with van der Waals surface area (Å²) in [5, 5.41) is 4.87. The Bertz CT molecular complexity index is 904. The van der Waals surface area contributed by atoms with Gasteiger partial charge in [0.15, 0.2) is 0 Å². The van der Waals surface area contributed by atoms with Crippen molar-refractivity contribution in [2.75, 3.05) is 13.1 Å². The van der Waals surface area contributed by atoms with E-state index < -0.39 is 5.60 Å². The first-order valence-corrected chi connectivity index (χ1v) is 12.4. The normalized spacial score (nSPS) is 22.7. The van der Waals surface area contributed by atoms with Crippen molar-refractivity contribution in [3.8, 4) is 11.3 Å². The Labute approximate surface area is 198 Å². The van der Waals surface area contributed by atoms with E-state index in [9.17, 15) is 4.79 Å². The third-order valence-corrected chi connectivity index (χ3v) is 6.67. The molecule has 1 aliphatic carbocycles. The summed E-state index contributed by atoms with van der Waals surface area (Å²) in [6, 6.07) is 4.30. The molecule has 0 spiro atoms. The highest BCUT2D eigenvalue weighted by Crippen LogP contribution is 2.35. The van der Waals surface area contributed by atoms with E-state index in [0.717, 1.165) is 54.3 Å².